The lowest BCUT2D eigenvalue weighted by Gasteiger charge is -2.22. The summed E-state index contributed by atoms with van der Waals surface area (Å²) in [5, 5.41) is 3.87. The molecule has 1 heterocycles. The van der Waals surface area contributed by atoms with Gasteiger partial charge in [-0.25, -0.2) is 4.39 Å². The fraction of sp³-hybridized carbons (Fsp3) is 0.318. The molecule has 0 aliphatic rings. The number of hydrogen-bond acceptors (Lipinski definition) is 4. The first-order valence-electron chi connectivity index (χ1n) is 9.83. The maximum atomic E-state index is 13.1. The number of unbranched alkanes of at least 4 members (excludes halogenated alkanes) is 1. The average Bonchev–Trinajstić information content (AvgIpc) is 3.22. The van der Waals surface area contributed by atoms with E-state index < -0.39 is 11.7 Å². The largest absolute Gasteiger partial charge is 0.416 e. The number of carbonyl (C=O) groups excluding carboxylic acids is 1. The Balaban J connectivity index is 1.68. The minimum absolute atomic E-state index is 0.182. The van der Waals surface area contributed by atoms with Gasteiger partial charge in [-0.05, 0) is 55.0 Å². The van der Waals surface area contributed by atoms with E-state index in [1.54, 1.807) is 4.90 Å². The fourth-order valence-electron chi connectivity index (χ4n) is 2.95. The van der Waals surface area contributed by atoms with E-state index in [4.69, 9.17) is 4.52 Å². The van der Waals surface area contributed by atoms with Crippen molar-refractivity contribution in [2.75, 3.05) is 13.1 Å². The highest BCUT2D eigenvalue weighted by molar-refractivity contribution is 5.94. The van der Waals surface area contributed by atoms with Gasteiger partial charge in [-0.15, -0.1) is 0 Å². The average molecular weight is 435 g/mol. The second kappa shape index (κ2) is 9.72. The van der Waals surface area contributed by atoms with Crippen molar-refractivity contribution in [1.29, 1.82) is 0 Å². The molecule has 2 aromatic carbocycles. The summed E-state index contributed by atoms with van der Waals surface area (Å²) in [5.41, 5.74) is -0.0231. The number of rotatable bonds is 8. The highest BCUT2D eigenvalue weighted by Crippen LogP contribution is 2.29. The molecule has 0 spiro atoms. The molecule has 1 aromatic heterocycles. The van der Waals surface area contributed by atoms with Crippen molar-refractivity contribution in [2.24, 2.45) is 0 Å². The summed E-state index contributed by atoms with van der Waals surface area (Å²) in [6, 6.07) is 9.82. The first kappa shape index (κ1) is 22.5. The van der Waals surface area contributed by atoms with Crippen molar-refractivity contribution in [3.05, 3.63) is 71.4 Å². The Labute approximate surface area is 176 Å². The third-order valence-electron chi connectivity index (χ3n) is 4.69. The second-order valence-corrected chi connectivity index (χ2v) is 6.99. The molecule has 0 saturated heterocycles. The van der Waals surface area contributed by atoms with Crippen LogP contribution in [0.4, 0.5) is 17.6 Å². The van der Waals surface area contributed by atoms with Gasteiger partial charge < -0.3 is 9.42 Å². The molecule has 5 nitrogen and oxygen atoms in total. The minimum Gasteiger partial charge on any atom is -0.339 e. The lowest BCUT2D eigenvalue weighted by atomic mass is 10.1. The zero-order valence-corrected chi connectivity index (χ0v) is 16.8. The van der Waals surface area contributed by atoms with Gasteiger partial charge in [0.15, 0.2) is 0 Å². The molecule has 164 valence electrons. The van der Waals surface area contributed by atoms with Gasteiger partial charge in [0.25, 0.3) is 5.91 Å². The smallest absolute Gasteiger partial charge is 0.339 e. The SMILES string of the molecule is CCCCN(CCc1nc(-c2ccc(F)cc2)no1)C(=O)c1ccc(C(F)(F)F)cc1. The van der Waals surface area contributed by atoms with E-state index in [0.29, 0.717) is 23.8 Å². The molecule has 0 saturated carbocycles. The minimum atomic E-state index is -4.45. The highest BCUT2D eigenvalue weighted by Gasteiger charge is 2.30. The van der Waals surface area contributed by atoms with Gasteiger partial charge in [0.2, 0.25) is 11.7 Å². The van der Waals surface area contributed by atoms with E-state index in [1.165, 1.54) is 36.4 Å². The van der Waals surface area contributed by atoms with Crippen LogP contribution in [0.3, 0.4) is 0 Å². The van der Waals surface area contributed by atoms with Crippen molar-refractivity contribution >= 4 is 5.91 Å². The molecule has 0 N–H and O–H groups in total. The van der Waals surface area contributed by atoms with Gasteiger partial charge in [-0.1, -0.05) is 18.5 Å². The third kappa shape index (κ3) is 5.90. The molecule has 9 heteroatoms. The second-order valence-electron chi connectivity index (χ2n) is 6.99. The molecule has 31 heavy (non-hydrogen) atoms. The van der Waals surface area contributed by atoms with Crippen LogP contribution in [0, 0.1) is 5.82 Å². The van der Waals surface area contributed by atoms with E-state index in [-0.39, 0.29) is 30.3 Å². The normalized spacial score (nSPS) is 11.5. The van der Waals surface area contributed by atoms with Crippen LogP contribution in [-0.4, -0.2) is 34.0 Å². The van der Waals surface area contributed by atoms with Crippen LogP contribution in [0.5, 0.6) is 0 Å². The van der Waals surface area contributed by atoms with E-state index in [1.807, 2.05) is 6.92 Å². The van der Waals surface area contributed by atoms with Crippen LogP contribution in [0.15, 0.2) is 53.1 Å². The number of halogens is 4. The van der Waals surface area contributed by atoms with E-state index in [9.17, 15) is 22.4 Å². The first-order chi connectivity index (χ1) is 14.8. The molecule has 0 radical (unpaired) electrons. The van der Waals surface area contributed by atoms with Crippen LogP contribution in [0.25, 0.3) is 11.4 Å². The molecule has 0 fully saturated rings. The van der Waals surface area contributed by atoms with Crippen LogP contribution in [-0.2, 0) is 12.6 Å². The Hall–Kier alpha value is -3.23. The van der Waals surface area contributed by atoms with Crippen molar-refractivity contribution in [3.8, 4) is 11.4 Å². The summed E-state index contributed by atoms with van der Waals surface area (Å²) in [7, 11) is 0. The van der Waals surface area contributed by atoms with Gasteiger partial charge in [0.1, 0.15) is 5.82 Å². The van der Waals surface area contributed by atoms with Gasteiger partial charge in [-0.3, -0.25) is 4.79 Å². The quantitative estimate of drug-likeness (QED) is 0.446. The number of aromatic nitrogens is 2. The lowest BCUT2D eigenvalue weighted by Crippen LogP contribution is -2.34. The van der Waals surface area contributed by atoms with Crippen LogP contribution < -0.4 is 0 Å². The van der Waals surface area contributed by atoms with Crippen molar-refractivity contribution in [3.63, 3.8) is 0 Å². The molecule has 0 unspecified atom stereocenters. The van der Waals surface area contributed by atoms with E-state index in [0.717, 1.165) is 25.0 Å². The molecule has 0 bridgehead atoms. The Morgan fingerprint density at radius 3 is 2.32 bits per heavy atom. The van der Waals surface area contributed by atoms with Crippen molar-refractivity contribution in [2.45, 2.75) is 32.4 Å². The number of amides is 1. The monoisotopic (exact) mass is 435 g/mol. The number of nitrogens with zero attached hydrogens (tertiary/aromatic N) is 3. The molecule has 1 amide bonds. The summed E-state index contributed by atoms with van der Waals surface area (Å²) in [6.45, 7) is 2.70. The zero-order valence-electron chi connectivity index (χ0n) is 16.8. The number of carbonyl (C=O) groups is 1. The predicted octanol–water partition coefficient (Wildman–Crippen LogP) is 5.38. The molecule has 0 aliphatic carbocycles. The summed E-state index contributed by atoms with van der Waals surface area (Å²) in [5.74, 6) is -0.119. The van der Waals surface area contributed by atoms with Gasteiger partial charge in [0.05, 0.1) is 5.56 Å². The Morgan fingerprint density at radius 2 is 1.71 bits per heavy atom. The zero-order chi connectivity index (χ0) is 22.4. The number of hydrogen-bond donors (Lipinski definition) is 0. The molecular weight excluding hydrogens is 414 g/mol. The highest BCUT2D eigenvalue weighted by atomic mass is 19.4. The number of alkyl halides is 3. The summed E-state index contributed by atoms with van der Waals surface area (Å²) in [6.07, 6.45) is -2.57. The third-order valence-corrected chi connectivity index (χ3v) is 4.69. The van der Waals surface area contributed by atoms with Gasteiger partial charge in [0, 0.05) is 30.6 Å². The topological polar surface area (TPSA) is 59.2 Å². The Bertz CT molecular complexity index is 999. The molecular formula is C22H21F4N3O2. The van der Waals surface area contributed by atoms with Crippen molar-refractivity contribution < 1.29 is 26.9 Å². The molecule has 3 aromatic rings. The summed E-state index contributed by atoms with van der Waals surface area (Å²) < 4.78 is 56.6. The predicted molar refractivity (Wildman–Crippen MR) is 106 cm³/mol. The standard InChI is InChI=1S/C22H21F4N3O2/c1-2-3-13-29(21(30)16-4-8-17(9-5-16)22(24,25)26)14-12-19-27-20(28-31-19)15-6-10-18(23)11-7-15/h4-11H,2-3,12-14H2,1H3. The Morgan fingerprint density at radius 1 is 1.03 bits per heavy atom. The fourth-order valence-corrected chi connectivity index (χ4v) is 2.95. The first-order valence-corrected chi connectivity index (χ1v) is 9.83. The summed E-state index contributed by atoms with van der Waals surface area (Å²) in [4.78, 5) is 18.7. The maximum Gasteiger partial charge on any atom is 0.416 e. The summed E-state index contributed by atoms with van der Waals surface area (Å²) >= 11 is 0. The molecule has 0 aliphatic heterocycles. The van der Waals surface area contributed by atoms with E-state index >= 15 is 0 Å². The molecule has 0 atom stereocenters. The van der Waals surface area contributed by atoms with Crippen LogP contribution in [0.1, 0.15) is 41.6 Å². The van der Waals surface area contributed by atoms with Gasteiger partial charge >= 0.3 is 6.18 Å². The van der Waals surface area contributed by atoms with E-state index in [2.05, 4.69) is 10.1 Å². The van der Waals surface area contributed by atoms with Crippen molar-refractivity contribution in [1.82, 2.24) is 15.0 Å². The van der Waals surface area contributed by atoms with Gasteiger partial charge in [-0.2, -0.15) is 18.2 Å². The number of benzene rings is 2. The maximum absolute atomic E-state index is 13.1. The van der Waals surface area contributed by atoms with Crippen LogP contribution in [0.2, 0.25) is 0 Å². The molecule has 3 rings (SSSR count). The lowest BCUT2D eigenvalue weighted by molar-refractivity contribution is -0.137. The Kier molecular flexibility index (Phi) is 7.04. The van der Waals surface area contributed by atoms with Crippen LogP contribution >= 0.6 is 0 Å².